The lowest BCUT2D eigenvalue weighted by Crippen LogP contribution is -2.07. The molecule has 0 spiro atoms. The molecule has 0 bridgehead atoms. The van der Waals surface area contributed by atoms with Crippen LogP contribution in [-0.2, 0) is 0 Å². The van der Waals surface area contributed by atoms with Crippen molar-refractivity contribution in [1.29, 1.82) is 0 Å². The molecule has 0 amide bonds. The number of ether oxygens (including phenoxy) is 1. The van der Waals surface area contributed by atoms with Gasteiger partial charge in [0.25, 0.3) is 0 Å². The topological polar surface area (TPSA) is 35.2 Å². The minimum Gasteiger partial charge on any atom is -0.496 e. The van der Waals surface area contributed by atoms with Crippen molar-refractivity contribution in [2.45, 2.75) is 32.7 Å². The van der Waals surface area contributed by atoms with Crippen LogP contribution in [-0.4, -0.2) is 7.11 Å². The largest absolute Gasteiger partial charge is 0.496 e. The van der Waals surface area contributed by atoms with Crippen molar-refractivity contribution in [3.63, 3.8) is 0 Å². The number of benzene rings is 1. The van der Waals surface area contributed by atoms with Gasteiger partial charge in [0, 0.05) is 11.6 Å². The monoisotopic (exact) mass is 193 g/mol. The molecular formula is C12H19NO. The molecule has 2 heteroatoms. The first-order valence-electron chi connectivity index (χ1n) is 4.99. The van der Waals surface area contributed by atoms with E-state index in [1.165, 1.54) is 5.56 Å². The molecule has 14 heavy (non-hydrogen) atoms. The molecule has 0 aromatic heterocycles. The summed E-state index contributed by atoms with van der Waals surface area (Å²) in [4.78, 5) is 0. The van der Waals surface area contributed by atoms with Crippen molar-refractivity contribution in [3.05, 3.63) is 29.3 Å². The molecule has 78 valence electrons. The molecule has 0 saturated carbocycles. The Morgan fingerprint density at radius 1 is 1.21 bits per heavy atom. The standard InChI is InChI=1S/C12H19NO/c1-8(2)10-5-6-11(9(3)13)12(7-10)14-4/h5-9H,13H2,1-4H3/t9-/m0/s1. The third-order valence-electron chi connectivity index (χ3n) is 2.41. The molecule has 0 saturated heterocycles. The van der Waals surface area contributed by atoms with Gasteiger partial charge in [-0.3, -0.25) is 0 Å². The Morgan fingerprint density at radius 2 is 1.86 bits per heavy atom. The first kappa shape index (κ1) is 11.1. The van der Waals surface area contributed by atoms with Gasteiger partial charge in [0.2, 0.25) is 0 Å². The van der Waals surface area contributed by atoms with Gasteiger partial charge >= 0.3 is 0 Å². The van der Waals surface area contributed by atoms with Crippen LogP contribution in [0, 0.1) is 0 Å². The molecule has 1 rings (SSSR count). The highest BCUT2D eigenvalue weighted by atomic mass is 16.5. The Balaban J connectivity index is 3.11. The summed E-state index contributed by atoms with van der Waals surface area (Å²) in [6.07, 6.45) is 0. The van der Waals surface area contributed by atoms with E-state index in [4.69, 9.17) is 10.5 Å². The first-order valence-corrected chi connectivity index (χ1v) is 4.99. The predicted octanol–water partition coefficient (Wildman–Crippen LogP) is 2.84. The minimum absolute atomic E-state index is 0.0196. The number of nitrogens with two attached hydrogens (primary N) is 1. The molecule has 2 N–H and O–H groups in total. The molecule has 0 unspecified atom stereocenters. The van der Waals surface area contributed by atoms with Crippen molar-refractivity contribution in [3.8, 4) is 5.75 Å². The maximum absolute atomic E-state index is 5.84. The van der Waals surface area contributed by atoms with E-state index in [0.717, 1.165) is 11.3 Å². The van der Waals surface area contributed by atoms with E-state index in [0.29, 0.717) is 5.92 Å². The second-order valence-corrected chi connectivity index (χ2v) is 3.94. The first-order chi connectivity index (χ1) is 6.56. The SMILES string of the molecule is COc1cc(C(C)C)ccc1[C@H](C)N. The molecule has 1 aromatic rings. The van der Waals surface area contributed by atoms with E-state index in [1.54, 1.807) is 7.11 Å². The van der Waals surface area contributed by atoms with Crippen LogP contribution in [0.1, 0.15) is 43.9 Å². The summed E-state index contributed by atoms with van der Waals surface area (Å²) in [7, 11) is 1.69. The lowest BCUT2D eigenvalue weighted by atomic mass is 9.99. The van der Waals surface area contributed by atoms with Crippen LogP contribution in [0.5, 0.6) is 5.75 Å². The lowest BCUT2D eigenvalue weighted by molar-refractivity contribution is 0.406. The molecule has 1 aromatic carbocycles. The summed E-state index contributed by atoms with van der Waals surface area (Å²) in [6, 6.07) is 6.26. The molecule has 0 aliphatic carbocycles. The van der Waals surface area contributed by atoms with Gasteiger partial charge in [0.05, 0.1) is 7.11 Å². The van der Waals surface area contributed by atoms with E-state index in [9.17, 15) is 0 Å². The molecule has 1 atom stereocenters. The van der Waals surface area contributed by atoms with Gasteiger partial charge in [-0.25, -0.2) is 0 Å². The molecule has 0 aliphatic heterocycles. The quantitative estimate of drug-likeness (QED) is 0.801. The van der Waals surface area contributed by atoms with Crippen LogP contribution in [0.2, 0.25) is 0 Å². The number of hydrogen-bond acceptors (Lipinski definition) is 2. The van der Waals surface area contributed by atoms with E-state index in [2.05, 4.69) is 32.0 Å². The van der Waals surface area contributed by atoms with Gasteiger partial charge < -0.3 is 10.5 Å². The average Bonchev–Trinajstić information content (AvgIpc) is 2.16. The van der Waals surface area contributed by atoms with E-state index in [1.807, 2.05) is 6.92 Å². The second-order valence-electron chi connectivity index (χ2n) is 3.94. The smallest absolute Gasteiger partial charge is 0.123 e. The van der Waals surface area contributed by atoms with Gasteiger partial charge in [-0.15, -0.1) is 0 Å². The zero-order chi connectivity index (χ0) is 10.7. The Bertz CT molecular complexity index is 305. The minimum atomic E-state index is 0.0196. The Hall–Kier alpha value is -1.02. The van der Waals surface area contributed by atoms with Gasteiger partial charge in [-0.05, 0) is 24.5 Å². The van der Waals surface area contributed by atoms with Crippen molar-refractivity contribution in [2.75, 3.05) is 7.11 Å². The van der Waals surface area contributed by atoms with Crippen LogP contribution in [0.4, 0.5) is 0 Å². The third-order valence-corrected chi connectivity index (χ3v) is 2.41. The number of methoxy groups -OCH3 is 1. The van der Waals surface area contributed by atoms with Crippen LogP contribution >= 0.6 is 0 Å². The van der Waals surface area contributed by atoms with Crippen LogP contribution in [0.15, 0.2) is 18.2 Å². The molecule has 0 fully saturated rings. The summed E-state index contributed by atoms with van der Waals surface area (Å²) in [5.74, 6) is 1.41. The maximum Gasteiger partial charge on any atom is 0.123 e. The lowest BCUT2D eigenvalue weighted by Gasteiger charge is -2.14. The zero-order valence-corrected chi connectivity index (χ0v) is 9.37. The van der Waals surface area contributed by atoms with Gasteiger partial charge in [0.1, 0.15) is 5.75 Å². The summed E-state index contributed by atoms with van der Waals surface area (Å²) in [5.41, 5.74) is 8.19. The highest BCUT2D eigenvalue weighted by Gasteiger charge is 2.09. The average molecular weight is 193 g/mol. The van der Waals surface area contributed by atoms with Crippen LogP contribution < -0.4 is 10.5 Å². The number of rotatable bonds is 3. The summed E-state index contributed by atoms with van der Waals surface area (Å²) in [6.45, 7) is 6.30. The number of hydrogen-bond donors (Lipinski definition) is 1. The van der Waals surface area contributed by atoms with Crippen molar-refractivity contribution in [1.82, 2.24) is 0 Å². The fraction of sp³-hybridized carbons (Fsp3) is 0.500. The van der Waals surface area contributed by atoms with Gasteiger partial charge in [-0.2, -0.15) is 0 Å². The van der Waals surface area contributed by atoms with Crippen LogP contribution in [0.3, 0.4) is 0 Å². The summed E-state index contributed by atoms with van der Waals surface area (Å²) < 4.78 is 5.32. The zero-order valence-electron chi connectivity index (χ0n) is 9.37. The van der Waals surface area contributed by atoms with E-state index in [-0.39, 0.29) is 6.04 Å². The Morgan fingerprint density at radius 3 is 2.29 bits per heavy atom. The maximum atomic E-state index is 5.84. The van der Waals surface area contributed by atoms with Gasteiger partial charge in [0.15, 0.2) is 0 Å². The highest BCUT2D eigenvalue weighted by molar-refractivity contribution is 5.40. The van der Waals surface area contributed by atoms with Crippen molar-refractivity contribution in [2.24, 2.45) is 5.73 Å². The normalized spacial score (nSPS) is 13.0. The van der Waals surface area contributed by atoms with Crippen LogP contribution in [0.25, 0.3) is 0 Å². The van der Waals surface area contributed by atoms with Crippen molar-refractivity contribution >= 4 is 0 Å². The molecular weight excluding hydrogens is 174 g/mol. The highest BCUT2D eigenvalue weighted by Crippen LogP contribution is 2.27. The second kappa shape index (κ2) is 4.47. The third kappa shape index (κ3) is 2.26. The predicted molar refractivity (Wildman–Crippen MR) is 59.7 cm³/mol. The molecule has 2 nitrogen and oxygen atoms in total. The Labute approximate surface area is 86.1 Å². The van der Waals surface area contributed by atoms with Crippen molar-refractivity contribution < 1.29 is 4.74 Å². The summed E-state index contributed by atoms with van der Waals surface area (Å²) in [5, 5.41) is 0. The fourth-order valence-corrected chi connectivity index (χ4v) is 1.46. The van der Waals surface area contributed by atoms with E-state index >= 15 is 0 Å². The molecule has 0 radical (unpaired) electrons. The van der Waals surface area contributed by atoms with Gasteiger partial charge in [-0.1, -0.05) is 26.0 Å². The Kier molecular flexibility index (Phi) is 3.53. The summed E-state index contributed by atoms with van der Waals surface area (Å²) >= 11 is 0. The van der Waals surface area contributed by atoms with E-state index < -0.39 is 0 Å². The molecule has 0 aliphatic rings. The molecule has 0 heterocycles. The fourth-order valence-electron chi connectivity index (χ4n) is 1.46.